The first kappa shape index (κ1) is 15.6. The van der Waals surface area contributed by atoms with Crippen molar-refractivity contribution in [3.05, 3.63) is 21.9 Å². The maximum Gasteiger partial charge on any atom is 0.263 e. The zero-order chi connectivity index (χ0) is 16.0. The van der Waals surface area contributed by atoms with Gasteiger partial charge in [-0.05, 0) is 56.2 Å². The van der Waals surface area contributed by atoms with Gasteiger partial charge in [-0.3, -0.25) is 4.79 Å². The van der Waals surface area contributed by atoms with Crippen molar-refractivity contribution >= 4 is 17.2 Å². The molecule has 0 spiro atoms. The van der Waals surface area contributed by atoms with Crippen LogP contribution in [0.5, 0.6) is 0 Å². The topological polar surface area (TPSA) is 72.8 Å². The molecular formula is C17H24N2O3S. The Labute approximate surface area is 140 Å². The number of likely N-dealkylation sites (tertiary alicyclic amines) is 1. The van der Waals surface area contributed by atoms with Gasteiger partial charge in [0.25, 0.3) is 5.91 Å². The van der Waals surface area contributed by atoms with Crippen molar-refractivity contribution in [3.63, 3.8) is 0 Å². The quantitative estimate of drug-likeness (QED) is 0.763. The number of rotatable bonds is 2. The first-order chi connectivity index (χ1) is 11.1. The fourth-order valence-corrected chi connectivity index (χ4v) is 5.40. The lowest BCUT2D eigenvalue weighted by Gasteiger charge is -2.31. The third kappa shape index (κ3) is 2.93. The molecule has 3 fully saturated rings. The molecule has 3 heterocycles. The van der Waals surface area contributed by atoms with Crippen molar-refractivity contribution < 1.29 is 15.0 Å². The summed E-state index contributed by atoms with van der Waals surface area (Å²) in [5, 5.41) is 23.1. The predicted octanol–water partition coefficient (Wildman–Crippen LogP) is 1.38. The van der Waals surface area contributed by atoms with Gasteiger partial charge in [-0.25, -0.2) is 0 Å². The molecular weight excluding hydrogens is 312 g/mol. The Morgan fingerprint density at radius 3 is 2.48 bits per heavy atom. The number of hydrogen-bond acceptors (Lipinski definition) is 5. The minimum atomic E-state index is -0.631. The van der Waals surface area contributed by atoms with Crippen LogP contribution in [0.25, 0.3) is 0 Å². The van der Waals surface area contributed by atoms with Crippen LogP contribution in [0.3, 0.4) is 0 Å². The van der Waals surface area contributed by atoms with Gasteiger partial charge in [0.1, 0.15) is 0 Å². The van der Waals surface area contributed by atoms with Crippen LogP contribution in [0.15, 0.2) is 12.1 Å². The second kappa shape index (κ2) is 6.16. The summed E-state index contributed by atoms with van der Waals surface area (Å²) in [5.41, 5.74) is 0. The molecule has 5 atom stereocenters. The van der Waals surface area contributed by atoms with Crippen LogP contribution in [-0.2, 0) is 0 Å². The Kier molecular flexibility index (Phi) is 4.17. The largest absolute Gasteiger partial charge is 0.390 e. The lowest BCUT2D eigenvalue weighted by molar-refractivity contribution is -0.0372. The third-order valence-corrected chi connectivity index (χ3v) is 6.82. The molecule has 0 radical (unpaired) electrons. The van der Waals surface area contributed by atoms with E-state index in [1.54, 1.807) is 11.3 Å². The number of nitrogens with one attached hydrogen (secondary N) is 1. The lowest BCUT2D eigenvalue weighted by Crippen LogP contribution is -2.38. The second-order valence-corrected chi connectivity index (χ2v) is 8.30. The van der Waals surface area contributed by atoms with Gasteiger partial charge in [0.2, 0.25) is 0 Å². The summed E-state index contributed by atoms with van der Waals surface area (Å²) in [4.78, 5) is 16.8. The Morgan fingerprint density at radius 1 is 1.17 bits per heavy atom. The minimum absolute atomic E-state index is 0.109. The number of nitrogens with zero attached hydrogens (tertiary/aromatic N) is 1. The molecule has 1 aromatic heterocycles. The van der Waals surface area contributed by atoms with E-state index >= 15 is 0 Å². The van der Waals surface area contributed by atoms with E-state index in [2.05, 4.69) is 11.4 Å². The first-order valence-corrected chi connectivity index (χ1v) is 9.42. The molecule has 126 valence electrons. The molecule has 6 heteroatoms. The number of aliphatic hydroxyl groups is 2. The maximum absolute atomic E-state index is 12.8. The molecule has 1 aliphatic carbocycles. The number of amides is 1. The van der Waals surface area contributed by atoms with Gasteiger partial charge in [-0.15, -0.1) is 11.3 Å². The molecule has 5 nitrogen and oxygen atoms in total. The van der Waals surface area contributed by atoms with Gasteiger partial charge >= 0.3 is 0 Å². The maximum atomic E-state index is 12.8. The summed E-state index contributed by atoms with van der Waals surface area (Å²) < 4.78 is 0. The molecule has 1 amide bonds. The van der Waals surface area contributed by atoms with E-state index in [1.807, 2.05) is 11.0 Å². The van der Waals surface area contributed by atoms with E-state index < -0.39 is 12.2 Å². The van der Waals surface area contributed by atoms with E-state index in [0.717, 1.165) is 17.8 Å². The van der Waals surface area contributed by atoms with Gasteiger partial charge in [0.05, 0.1) is 17.1 Å². The molecule has 1 aromatic rings. The fourth-order valence-electron chi connectivity index (χ4n) is 4.31. The van der Waals surface area contributed by atoms with Gasteiger partial charge in [-0.2, -0.15) is 0 Å². The monoisotopic (exact) mass is 336 g/mol. The van der Waals surface area contributed by atoms with E-state index in [9.17, 15) is 15.0 Å². The van der Waals surface area contributed by atoms with Crippen molar-refractivity contribution in [1.82, 2.24) is 10.2 Å². The summed E-state index contributed by atoms with van der Waals surface area (Å²) in [6, 6.07) is 4.44. The zero-order valence-corrected chi connectivity index (χ0v) is 14.0. The third-order valence-electron chi connectivity index (χ3n) is 5.64. The SMILES string of the molecule is O=C(c1ccc(C2CCCN2)s1)N1C[C@H]2C[C@H](O)[C@@H](O)C[C@H]2C1. The van der Waals surface area contributed by atoms with Crippen LogP contribution in [-0.4, -0.2) is 52.9 Å². The molecule has 0 bridgehead atoms. The van der Waals surface area contributed by atoms with Crippen molar-refractivity contribution in [2.45, 2.75) is 43.9 Å². The molecule has 1 unspecified atom stereocenters. The summed E-state index contributed by atoms with van der Waals surface area (Å²) in [6.07, 6.45) is 2.31. The first-order valence-electron chi connectivity index (χ1n) is 8.60. The molecule has 1 saturated carbocycles. The van der Waals surface area contributed by atoms with E-state index in [-0.39, 0.29) is 5.91 Å². The van der Waals surface area contributed by atoms with Crippen molar-refractivity contribution in [1.29, 1.82) is 0 Å². The number of thiophene rings is 1. The highest BCUT2D eigenvalue weighted by Gasteiger charge is 2.42. The Hall–Kier alpha value is -0.950. The molecule has 3 N–H and O–H groups in total. The normalized spacial score (nSPS) is 37.1. The van der Waals surface area contributed by atoms with Gasteiger partial charge in [-0.1, -0.05) is 0 Å². The Balaban J connectivity index is 1.43. The Bertz CT molecular complexity index is 566. The minimum Gasteiger partial charge on any atom is -0.390 e. The number of aliphatic hydroxyl groups excluding tert-OH is 2. The van der Waals surface area contributed by atoms with E-state index in [4.69, 9.17) is 0 Å². The van der Waals surface area contributed by atoms with Gasteiger partial charge < -0.3 is 20.4 Å². The molecule has 4 rings (SSSR count). The van der Waals surface area contributed by atoms with Crippen molar-refractivity contribution in [3.8, 4) is 0 Å². The fraction of sp³-hybridized carbons (Fsp3) is 0.706. The molecule has 3 aliphatic rings. The lowest BCUT2D eigenvalue weighted by atomic mass is 9.79. The number of fused-ring (bicyclic) bond motifs is 1. The van der Waals surface area contributed by atoms with Crippen LogP contribution < -0.4 is 5.32 Å². The van der Waals surface area contributed by atoms with Crippen LogP contribution >= 0.6 is 11.3 Å². The highest BCUT2D eigenvalue weighted by Crippen LogP contribution is 2.38. The standard InChI is InChI=1S/C17H24N2O3S/c20-13-6-10-8-19(9-11(10)7-14(13)21)17(22)16-4-3-15(23-16)12-2-1-5-18-12/h3-4,10-14,18,20-21H,1-2,5-9H2/t10-,11+,12?,13-,14-/m0/s1. The average molecular weight is 336 g/mol. The summed E-state index contributed by atoms with van der Waals surface area (Å²) in [6.45, 7) is 2.48. The number of hydrogen-bond donors (Lipinski definition) is 3. The second-order valence-electron chi connectivity index (χ2n) is 7.19. The summed E-state index contributed by atoms with van der Waals surface area (Å²) >= 11 is 1.61. The van der Waals surface area contributed by atoms with Crippen LogP contribution in [0, 0.1) is 11.8 Å². The smallest absolute Gasteiger partial charge is 0.263 e. The van der Waals surface area contributed by atoms with E-state index in [1.165, 1.54) is 11.3 Å². The van der Waals surface area contributed by atoms with Crippen LogP contribution in [0.4, 0.5) is 0 Å². The van der Waals surface area contributed by atoms with Crippen LogP contribution in [0.1, 0.15) is 46.3 Å². The Morgan fingerprint density at radius 2 is 1.87 bits per heavy atom. The summed E-state index contributed by atoms with van der Waals surface area (Å²) in [5.74, 6) is 0.763. The zero-order valence-electron chi connectivity index (χ0n) is 13.1. The molecule has 23 heavy (non-hydrogen) atoms. The van der Waals surface area contributed by atoms with E-state index in [0.29, 0.717) is 43.8 Å². The van der Waals surface area contributed by atoms with Gasteiger partial charge in [0, 0.05) is 24.0 Å². The van der Waals surface area contributed by atoms with Crippen LogP contribution in [0.2, 0.25) is 0 Å². The number of carbonyl (C=O) groups is 1. The number of carbonyl (C=O) groups excluding carboxylic acids is 1. The predicted molar refractivity (Wildman–Crippen MR) is 88.4 cm³/mol. The van der Waals surface area contributed by atoms with Crippen molar-refractivity contribution in [2.24, 2.45) is 11.8 Å². The van der Waals surface area contributed by atoms with Crippen molar-refractivity contribution in [2.75, 3.05) is 19.6 Å². The summed E-state index contributed by atoms with van der Waals surface area (Å²) in [7, 11) is 0. The molecule has 0 aromatic carbocycles. The highest BCUT2D eigenvalue weighted by atomic mass is 32.1. The molecule has 2 aliphatic heterocycles. The highest BCUT2D eigenvalue weighted by molar-refractivity contribution is 7.14. The van der Waals surface area contributed by atoms with Gasteiger partial charge in [0.15, 0.2) is 0 Å². The molecule has 2 saturated heterocycles. The average Bonchev–Trinajstić information content (AvgIpc) is 3.26.